The summed E-state index contributed by atoms with van der Waals surface area (Å²) in [4.78, 5) is 17.0. The van der Waals surface area contributed by atoms with Crippen molar-refractivity contribution < 1.29 is 9.18 Å². The van der Waals surface area contributed by atoms with Gasteiger partial charge in [-0.2, -0.15) is 0 Å². The maximum atomic E-state index is 14.0. The Labute approximate surface area is 182 Å². The number of carbonyl (C=O) groups excluding carboxylic acids is 1. The number of aromatic nitrogens is 1. The fourth-order valence-corrected chi connectivity index (χ4v) is 3.74. The first-order valence-electron chi connectivity index (χ1n) is 8.85. The van der Waals surface area contributed by atoms with E-state index in [1.807, 2.05) is 12.1 Å². The fourth-order valence-electron chi connectivity index (χ4n) is 3.38. The van der Waals surface area contributed by atoms with E-state index in [1.165, 1.54) is 23.3 Å². The average Bonchev–Trinajstić information content (AvgIpc) is 3.06. The Morgan fingerprint density at radius 2 is 1.79 bits per heavy atom. The number of nitrogens with two attached hydrogens (primary N) is 1. The molecule has 3 aromatic rings. The van der Waals surface area contributed by atoms with Gasteiger partial charge in [0, 0.05) is 22.3 Å². The van der Waals surface area contributed by atoms with Crippen LogP contribution in [0.1, 0.15) is 21.6 Å². The summed E-state index contributed by atoms with van der Waals surface area (Å²) in [5, 5.41) is 5.90. The number of hydrogen-bond acceptors (Lipinski definition) is 4. The molecule has 0 bridgehead atoms. The summed E-state index contributed by atoms with van der Waals surface area (Å²) in [7, 11) is 0. The fraction of sp³-hybridized carbons (Fsp3) is 0.143. The van der Waals surface area contributed by atoms with Gasteiger partial charge in [0.15, 0.2) is 0 Å². The van der Waals surface area contributed by atoms with Crippen LogP contribution in [0.2, 0.25) is 0 Å². The molecule has 150 valence electrons. The second-order valence-electron chi connectivity index (χ2n) is 6.77. The van der Waals surface area contributed by atoms with E-state index in [2.05, 4.69) is 43.7 Å². The zero-order valence-corrected chi connectivity index (χ0v) is 17.7. The molecule has 8 heteroatoms. The molecule has 0 aliphatic heterocycles. The van der Waals surface area contributed by atoms with Crippen LogP contribution < -0.4 is 16.4 Å². The van der Waals surface area contributed by atoms with Crippen molar-refractivity contribution >= 4 is 51.4 Å². The molecule has 1 aromatic heterocycles. The number of carbonyl (C=O) groups is 1. The van der Waals surface area contributed by atoms with E-state index >= 15 is 0 Å². The minimum atomic E-state index is -0.429. The topological polar surface area (TPSA) is 80.0 Å². The second kappa shape index (κ2) is 8.80. The van der Waals surface area contributed by atoms with E-state index in [1.54, 1.807) is 18.2 Å². The predicted octanol–water partition coefficient (Wildman–Crippen LogP) is 4.63. The first-order chi connectivity index (χ1) is 13.5. The van der Waals surface area contributed by atoms with Gasteiger partial charge in [0.05, 0.1) is 5.69 Å². The van der Waals surface area contributed by atoms with Crippen molar-refractivity contribution in [2.45, 2.75) is 18.9 Å². The quantitative estimate of drug-likeness (QED) is 0.512. The molecule has 1 amide bonds. The van der Waals surface area contributed by atoms with Crippen LogP contribution in [0.15, 0.2) is 59.1 Å². The standard InChI is InChI=1S/C21H18BrFN4O.ClH/c22-14-5-6-17(23)18(9-14)26-20-11-15(24)10-19(27-20)21(28)25-16-7-12-3-1-2-4-13(12)8-16;/h1-6,9-11,16H,7-8H2,(H,25,28)(H3,24,26,27);1H. The Morgan fingerprint density at radius 3 is 2.48 bits per heavy atom. The third kappa shape index (κ3) is 4.86. The summed E-state index contributed by atoms with van der Waals surface area (Å²) in [6.45, 7) is 0. The maximum absolute atomic E-state index is 14.0. The van der Waals surface area contributed by atoms with Crippen molar-refractivity contribution in [2.75, 3.05) is 11.1 Å². The number of anilines is 3. The molecule has 0 saturated carbocycles. The van der Waals surface area contributed by atoms with E-state index in [0.717, 1.165) is 17.3 Å². The molecule has 5 nitrogen and oxygen atoms in total. The van der Waals surface area contributed by atoms with Gasteiger partial charge in [-0.1, -0.05) is 40.2 Å². The van der Waals surface area contributed by atoms with Gasteiger partial charge in [0.1, 0.15) is 17.3 Å². The maximum Gasteiger partial charge on any atom is 0.270 e. The average molecular weight is 478 g/mol. The Bertz CT molecular complexity index is 1040. The molecule has 0 atom stereocenters. The molecule has 1 aliphatic carbocycles. The summed E-state index contributed by atoms with van der Waals surface area (Å²) in [6, 6.07) is 15.8. The number of nitrogens with one attached hydrogen (secondary N) is 2. The third-order valence-electron chi connectivity index (χ3n) is 4.66. The molecular weight excluding hydrogens is 459 g/mol. The molecule has 1 aliphatic rings. The largest absolute Gasteiger partial charge is 0.399 e. The first kappa shape index (κ1) is 21.1. The highest BCUT2D eigenvalue weighted by Crippen LogP contribution is 2.25. The molecule has 0 unspecified atom stereocenters. The lowest BCUT2D eigenvalue weighted by molar-refractivity contribution is 0.0933. The highest BCUT2D eigenvalue weighted by molar-refractivity contribution is 9.10. The lowest BCUT2D eigenvalue weighted by Crippen LogP contribution is -2.35. The van der Waals surface area contributed by atoms with Crippen LogP contribution in [0.25, 0.3) is 0 Å². The van der Waals surface area contributed by atoms with Crippen LogP contribution >= 0.6 is 28.3 Å². The normalized spacial score (nSPS) is 12.8. The number of amides is 1. The Balaban J connectivity index is 0.00000240. The summed E-state index contributed by atoms with van der Waals surface area (Å²) in [5.41, 5.74) is 9.23. The van der Waals surface area contributed by atoms with E-state index in [0.29, 0.717) is 11.5 Å². The highest BCUT2D eigenvalue weighted by Gasteiger charge is 2.23. The smallest absolute Gasteiger partial charge is 0.270 e. The molecule has 0 radical (unpaired) electrons. The van der Waals surface area contributed by atoms with E-state index in [4.69, 9.17) is 5.73 Å². The number of nitrogen functional groups attached to an aromatic ring is 1. The predicted molar refractivity (Wildman–Crippen MR) is 118 cm³/mol. The lowest BCUT2D eigenvalue weighted by atomic mass is 10.1. The summed E-state index contributed by atoms with van der Waals surface area (Å²) < 4.78 is 14.7. The molecule has 4 N–H and O–H groups in total. The number of hydrogen-bond donors (Lipinski definition) is 3. The van der Waals surface area contributed by atoms with E-state index in [9.17, 15) is 9.18 Å². The third-order valence-corrected chi connectivity index (χ3v) is 5.15. The van der Waals surface area contributed by atoms with Crippen LogP contribution in [0.3, 0.4) is 0 Å². The molecule has 0 spiro atoms. The minimum Gasteiger partial charge on any atom is -0.399 e. The van der Waals surface area contributed by atoms with Crippen molar-refractivity contribution in [1.82, 2.24) is 10.3 Å². The van der Waals surface area contributed by atoms with Crippen molar-refractivity contribution in [3.8, 4) is 0 Å². The molecular formula is C21H19BrClFN4O. The molecule has 4 rings (SSSR count). The molecule has 2 aromatic carbocycles. The Morgan fingerprint density at radius 1 is 1.10 bits per heavy atom. The lowest BCUT2D eigenvalue weighted by Gasteiger charge is -2.13. The summed E-state index contributed by atoms with van der Waals surface area (Å²) >= 11 is 3.31. The van der Waals surface area contributed by atoms with E-state index < -0.39 is 5.82 Å². The monoisotopic (exact) mass is 476 g/mol. The van der Waals surface area contributed by atoms with Gasteiger partial charge in [-0.15, -0.1) is 12.4 Å². The van der Waals surface area contributed by atoms with Gasteiger partial charge in [0.2, 0.25) is 0 Å². The number of benzene rings is 2. The van der Waals surface area contributed by atoms with Crippen molar-refractivity contribution in [3.05, 3.63) is 81.7 Å². The molecule has 0 saturated heterocycles. The SMILES string of the molecule is Cl.Nc1cc(Nc2cc(Br)ccc2F)nc(C(=O)NC2Cc3ccccc3C2)c1. The van der Waals surface area contributed by atoms with Crippen molar-refractivity contribution in [1.29, 1.82) is 0 Å². The molecule has 0 fully saturated rings. The number of rotatable bonds is 4. The Kier molecular flexibility index (Phi) is 6.39. The van der Waals surface area contributed by atoms with Gasteiger partial charge in [-0.05, 0) is 48.2 Å². The van der Waals surface area contributed by atoms with Gasteiger partial charge >= 0.3 is 0 Å². The summed E-state index contributed by atoms with van der Waals surface area (Å²) in [6.07, 6.45) is 1.58. The number of halogens is 3. The van der Waals surface area contributed by atoms with Crippen molar-refractivity contribution in [3.63, 3.8) is 0 Å². The zero-order chi connectivity index (χ0) is 19.7. The van der Waals surface area contributed by atoms with Crippen LogP contribution in [0.4, 0.5) is 21.6 Å². The van der Waals surface area contributed by atoms with Gasteiger partial charge in [0.25, 0.3) is 5.91 Å². The summed E-state index contributed by atoms with van der Waals surface area (Å²) in [5.74, 6) is -0.429. The van der Waals surface area contributed by atoms with Crippen LogP contribution in [-0.2, 0) is 12.8 Å². The second-order valence-corrected chi connectivity index (χ2v) is 7.68. The van der Waals surface area contributed by atoms with E-state index in [-0.39, 0.29) is 35.7 Å². The van der Waals surface area contributed by atoms with Crippen LogP contribution in [-0.4, -0.2) is 16.9 Å². The molecule has 29 heavy (non-hydrogen) atoms. The highest BCUT2D eigenvalue weighted by atomic mass is 79.9. The first-order valence-corrected chi connectivity index (χ1v) is 9.64. The Hall–Kier alpha value is -2.64. The zero-order valence-electron chi connectivity index (χ0n) is 15.3. The van der Waals surface area contributed by atoms with Gasteiger partial charge in [-0.3, -0.25) is 4.79 Å². The number of nitrogens with zero attached hydrogens (tertiary/aromatic N) is 1. The number of fused-ring (bicyclic) bond motifs is 1. The van der Waals surface area contributed by atoms with Gasteiger partial charge < -0.3 is 16.4 Å². The molecule has 1 heterocycles. The van der Waals surface area contributed by atoms with Gasteiger partial charge in [-0.25, -0.2) is 9.37 Å². The number of pyridine rings is 1. The van der Waals surface area contributed by atoms with Crippen LogP contribution in [0, 0.1) is 5.82 Å². The minimum absolute atomic E-state index is 0. The van der Waals surface area contributed by atoms with Crippen LogP contribution in [0.5, 0.6) is 0 Å². The van der Waals surface area contributed by atoms with Crippen molar-refractivity contribution in [2.24, 2.45) is 0 Å².